The molecule has 88 valence electrons. The van der Waals surface area contributed by atoms with Crippen LogP contribution in [0.4, 0.5) is 0 Å². The zero-order chi connectivity index (χ0) is 10.8. The van der Waals surface area contributed by atoms with Crippen LogP contribution in [0.1, 0.15) is 58.3 Å². The molecule has 2 heteroatoms. The molecule has 1 aliphatic rings. The Bertz CT molecular complexity index is 177. The highest BCUT2D eigenvalue weighted by Gasteiger charge is 2.10. The normalized spacial score (nSPS) is 15.1. The lowest BCUT2D eigenvalue weighted by molar-refractivity contribution is -0.514. The van der Waals surface area contributed by atoms with Crippen LogP contribution in [0, 0.1) is 0 Å². The van der Waals surface area contributed by atoms with Gasteiger partial charge >= 0.3 is 6.40 Å². The van der Waals surface area contributed by atoms with Gasteiger partial charge in [-0.1, -0.05) is 45.4 Å². The van der Waals surface area contributed by atoms with E-state index in [2.05, 4.69) is 11.5 Å². The van der Waals surface area contributed by atoms with Crippen LogP contribution in [0.2, 0.25) is 0 Å². The summed E-state index contributed by atoms with van der Waals surface area (Å²) in [6.45, 7) is 5.44. The Morgan fingerprint density at radius 2 is 1.67 bits per heavy atom. The van der Waals surface area contributed by atoms with E-state index < -0.39 is 0 Å². The minimum Gasteiger partial charge on any atom is -0.444 e. The van der Waals surface area contributed by atoms with Crippen molar-refractivity contribution in [1.82, 2.24) is 0 Å². The van der Waals surface area contributed by atoms with Crippen LogP contribution in [0.5, 0.6) is 0 Å². The summed E-state index contributed by atoms with van der Waals surface area (Å²) in [5.74, 6) is 0. The van der Waals surface area contributed by atoms with Crippen LogP contribution in [-0.2, 0) is 4.74 Å². The van der Waals surface area contributed by atoms with Gasteiger partial charge in [-0.3, -0.25) is 0 Å². The van der Waals surface area contributed by atoms with Gasteiger partial charge in [0.15, 0.2) is 13.2 Å². The first kappa shape index (κ1) is 12.5. The second kappa shape index (κ2) is 8.75. The Hall–Kier alpha value is -0.530. The third-order valence-corrected chi connectivity index (χ3v) is 3.02. The van der Waals surface area contributed by atoms with Gasteiger partial charge in [-0.2, -0.15) is 0 Å². The summed E-state index contributed by atoms with van der Waals surface area (Å²) in [7, 11) is 0. The maximum absolute atomic E-state index is 5.18. The fraction of sp³-hybridized carbons (Fsp3) is 0.923. The Morgan fingerprint density at radius 1 is 1.00 bits per heavy atom. The largest absolute Gasteiger partial charge is 0.444 e. The van der Waals surface area contributed by atoms with E-state index in [0.29, 0.717) is 0 Å². The highest BCUT2D eigenvalue weighted by molar-refractivity contribution is 5.40. The SMILES string of the molecule is CCCCCCCCCC[N+]1=COCC1. The highest BCUT2D eigenvalue weighted by atomic mass is 16.5. The van der Waals surface area contributed by atoms with E-state index in [4.69, 9.17) is 4.74 Å². The van der Waals surface area contributed by atoms with Crippen molar-refractivity contribution in [2.75, 3.05) is 19.7 Å². The van der Waals surface area contributed by atoms with Gasteiger partial charge in [0.1, 0.15) is 6.54 Å². The monoisotopic (exact) mass is 212 g/mol. The Labute approximate surface area is 94.3 Å². The predicted molar refractivity (Wildman–Crippen MR) is 64.6 cm³/mol. The van der Waals surface area contributed by atoms with Crippen molar-refractivity contribution in [3.05, 3.63) is 0 Å². The standard InChI is InChI=1S/C13H26NO/c1-2-3-4-5-6-7-8-9-10-14-11-12-15-13-14/h13H,2-12H2,1H3/q+1. The van der Waals surface area contributed by atoms with E-state index in [1.54, 1.807) is 0 Å². The molecular weight excluding hydrogens is 186 g/mol. The first-order valence-electron chi connectivity index (χ1n) is 6.62. The molecule has 15 heavy (non-hydrogen) atoms. The Kier molecular flexibility index (Phi) is 7.32. The molecule has 1 rings (SSSR count). The molecule has 0 spiro atoms. The number of hydrogen-bond donors (Lipinski definition) is 0. The molecule has 0 saturated carbocycles. The summed E-state index contributed by atoms with van der Waals surface area (Å²) >= 11 is 0. The molecular formula is C13H26NO+. The number of hydrogen-bond acceptors (Lipinski definition) is 1. The maximum atomic E-state index is 5.18. The zero-order valence-corrected chi connectivity index (χ0v) is 10.2. The molecule has 0 aliphatic carbocycles. The lowest BCUT2D eigenvalue weighted by Gasteiger charge is -2.00. The summed E-state index contributed by atoms with van der Waals surface area (Å²) in [5.41, 5.74) is 0. The predicted octanol–water partition coefficient (Wildman–Crippen LogP) is 3.20. The summed E-state index contributed by atoms with van der Waals surface area (Å²) in [4.78, 5) is 0. The number of nitrogens with zero attached hydrogens (tertiary/aromatic N) is 1. The van der Waals surface area contributed by atoms with E-state index in [1.165, 1.54) is 57.9 Å². The van der Waals surface area contributed by atoms with Gasteiger partial charge in [0.2, 0.25) is 0 Å². The van der Waals surface area contributed by atoms with Gasteiger partial charge in [-0.15, -0.1) is 0 Å². The molecule has 0 aromatic carbocycles. The minimum atomic E-state index is 0.886. The molecule has 1 aliphatic heterocycles. The van der Waals surface area contributed by atoms with Crippen molar-refractivity contribution < 1.29 is 9.31 Å². The van der Waals surface area contributed by atoms with Crippen LogP contribution < -0.4 is 0 Å². The fourth-order valence-corrected chi connectivity index (χ4v) is 1.99. The second-order valence-corrected chi connectivity index (χ2v) is 4.49. The molecule has 0 fully saturated rings. The summed E-state index contributed by atoms with van der Waals surface area (Å²) in [5, 5.41) is 0. The van der Waals surface area contributed by atoms with Crippen LogP contribution in [0.15, 0.2) is 0 Å². The molecule has 0 saturated heterocycles. The van der Waals surface area contributed by atoms with Crippen molar-refractivity contribution in [3.8, 4) is 0 Å². The van der Waals surface area contributed by atoms with Crippen molar-refractivity contribution in [2.45, 2.75) is 58.3 Å². The fourth-order valence-electron chi connectivity index (χ4n) is 1.99. The van der Waals surface area contributed by atoms with E-state index in [1.807, 2.05) is 6.40 Å². The van der Waals surface area contributed by atoms with Crippen LogP contribution in [0.3, 0.4) is 0 Å². The molecule has 0 radical (unpaired) electrons. The van der Waals surface area contributed by atoms with Gasteiger partial charge in [0.25, 0.3) is 0 Å². The average molecular weight is 212 g/mol. The molecule has 0 amide bonds. The van der Waals surface area contributed by atoms with Gasteiger partial charge in [-0.05, 0) is 6.42 Å². The molecule has 0 unspecified atom stereocenters. The van der Waals surface area contributed by atoms with Gasteiger partial charge < -0.3 is 4.74 Å². The molecule has 0 atom stereocenters. The second-order valence-electron chi connectivity index (χ2n) is 4.49. The van der Waals surface area contributed by atoms with Crippen molar-refractivity contribution >= 4 is 6.40 Å². The summed E-state index contributed by atoms with van der Waals surface area (Å²) < 4.78 is 7.47. The van der Waals surface area contributed by atoms with Crippen molar-refractivity contribution in [2.24, 2.45) is 0 Å². The van der Waals surface area contributed by atoms with E-state index >= 15 is 0 Å². The van der Waals surface area contributed by atoms with Crippen LogP contribution in [0.25, 0.3) is 0 Å². The Morgan fingerprint density at radius 3 is 2.27 bits per heavy atom. The summed E-state index contributed by atoms with van der Waals surface area (Å²) in [6.07, 6.45) is 13.1. The smallest absolute Gasteiger partial charge is 0.324 e. The Balaban J connectivity index is 1.77. The lowest BCUT2D eigenvalue weighted by Crippen LogP contribution is -2.11. The number of unbranched alkanes of at least 4 members (excludes halogenated alkanes) is 7. The van der Waals surface area contributed by atoms with Crippen molar-refractivity contribution in [1.29, 1.82) is 0 Å². The number of ether oxygens (including phenoxy) is 1. The molecule has 2 nitrogen and oxygen atoms in total. The topological polar surface area (TPSA) is 12.2 Å². The third kappa shape index (κ3) is 6.53. The maximum Gasteiger partial charge on any atom is 0.324 e. The summed E-state index contributed by atoms with van der Waals surface area (Å²) in [6, 6.07) is 0. The van der Waals surface area contributed by atoms with E-state index in [0.717, 1.165) is 13.2 Å². The highest BCUT2D eigenvalue weighted by Crippen LogP contribution is 2.08. The molecule has 0 N–H and O–H groups in total. The van der Waals surface area contributed by atoms with Crippen LogP contribution >= 0.6 is 0 Å². The van der Waals surface area contributed by atoms with E-state index in [-0.39, 0.29) is 0 Å². The lowest BCUT2D eigenvalue weighted by atomic mass is 10.1. The zero-order valence-electron chi connectivity index (χ0n) is 10.2. The minimum absolute atomic E-state index is 0.886. The third-order valence-electron chi connectivity index (χ3n) is 3.02. The van der Waals surface area contributed by atoms with Crippen LogP contribution in [-0.4, -0.2) is 30.7 Å². The molecule has 0 bridgehead atoms. The first-order valence-corrected chi connectivity index (χ1v) is 6.62. The van der Waals surface area contributed by atoms with Crippen molar-refractivity contribution in [3.63, 3.8) is 0 Å². The molecule has 0 aromatic heterocycles. The quantitative estimate of drug-likeness (QED) is 0.422. The first-order chi connectivity index (χ1) is 7.43. The number of rotatable bonds is 9. The molecule has 0 aromatic rings. The average Bonchev–Trinajstić information content (AvgIpc) is 2.75. The van der Waals surface area contributed by atoms with Gasteiger partial charge in [-0.25, -0.2) is 4.58 Å². The van der Waals surface area contributed by atoms with Gasteiger partial charge in [0, 0.05) is 6.42 Å². The van der Waals surface area contributed by atoms with E-state index in [9.17, 15) is 0 Å². The van der Waals surface area contributed by atoms with Gasteiger partial charge in [0.05, 0.1) is 0 Å². The molecule has 1 heterocycles.